The van der Waals surface area contributed by atoms with Crippen LogP contribution in [0.15, 0.2) is 65.2 Å². The molecule has 3 aromatic heterocycles. The van der Waals surface area contributed by atoms with Gasteiger partial charge in [0.1, 0.15) is 6.54 Å². The van der Waals surface area contributed by atoms with Crippen LogP contribution in [-0.4, -0.2) is 20.4 Å². The van der Waals surface area contributed by atoms with E-state index in [-0.39, 0.29) is 18.5 Å². The summed E-state index contributed by atoms with van der Waals surface area (Å²) in [5.41, 5.74) is 0.345. The standard InChI is InChI=1S/C17H16N4O2S/c22-16(12-21-9-4-8-19-17(21)23)20-15(11-13-5-3-10-24-13)14-6-1-2-7-18-14/h1-10,15H,11-12H2,(H,20,22). The Morgan fingerprint density at radius 3 is 2.75 bits per heavy atom. The molecule has 0 aromatic carbocycles. The molecule has 0 bridgehead atoms. The first-order valence-electron chi connectivity index (χ1n) is 7.46. The van der Waals surface area contributed by atoms with E-state index in [1.807, 2.05) is 35.7 Å². The molecule has 0 aliphatic carbocycles. The molecule has 3 rings (SSSR count). The van der Waals surface area contributed by atoms with Crippen LogP contribution in [0.5, 0.6) is 0 Å². The molecule has 3 heterocycles. The van der Waals surface area contributed by atoms with Crippen LogP contribution in [0.4, 0.5) is 0 Å². The largest absolute Gasteiger partial charge is 0.347 e. The summed E-state index contributed by atoms with van der Waals surface area (Å²) >= 11 is 1.64. The van der Waals surface area contributed by atoms with E-state index >= 15 is 0 Å². The Labute approximate surface area is 142 Å². The second-order valence-electron chi connectivity index (χ2n) is 5.19. The van der Waals surface area contributed by atoms with Crippen LogP contribution < -0.4 is 11.0 Å². The van der Waals surface area contributed by atoms with Crippen molar-refractivity contribution >= 4 is 17.2 Å². The van der Waals surface area contributed by atoms with E-state index in [2.05, 4.69) is 15.3 Å². The van der Waals surface area contributed by atoms with Gasteiger partial charge in [0.05, 0.1) is 11.7 Å². The topological polar surface area (TPSA) is 76.9 Å². The van der Waals surface area contributed by atoms with E-state index in [1.54, 1.807) is 29.8 Å². The molecule has 0 saturated heterocycles. The highest BCUT2D eigenvalue weighted by molar-refractivity contribution is 7.09. The normalized spacial score (nSPS) is 11.8. The van der Waals surface area contributed by atoms with Crippen molar-refractivity contribution in [1.29, 1.82) is 0 Å². The fourth-order valence-electron chi connectivity index (χ4n) is 2.34. The highest BCUT2D eigenvalue weighted by atomic mass is 32.1. The van der Waals surface area contributed by atoms with Gasteiger partial charge in [-0.05, 0) is 29.6 Å². The number of nitrogens with one attached hydrogen (secondary N) is 1. The van der Waals surface area contributed by atoms with Crippen LogP contribution >= 0.6 is 11.3 Å². The molecule has 0 aliphatic heterocycles. The molecular weight excluding hydrogens is 324 g/mol. The Morgan fingerprint density at radius 1 is 1.17 bits per heavy atom. The molecule has 0 radical (unpaired) electrons. The van der Waals surface area contributed by atoms with Crippen LogP contribution in [0, 0.1) is 0 Å². The van der Waals surface area contributed by atoms with Crippen molar-refractivity contribution in [3.8, 4) is 0 Å². The van der Waals surface area contributed by atoms with Gasteiger partial charge in [-0.15, -0.1) is 11.3 Å². The predicted molar refractivity (Wildman–Crippen MR) is 91.6 cm³/mol. The molecule has 0 fully saturated rings. The van der Waals surface area contributed by atoms with E-state index in [4.69, 9.17) is 0 Å². The first-order valence-corrected chi connectivity index (χ1v) is 8.34. The van der Waals surface area contributed by atoms with Gasteiger partial charge in [0, 0.05) is 29.9 Å². The molecule has 1 amide bonds. The molecule has 0 spiro atoms. The van der Waals surface area contributed by atoms with Crippen molar-refractivity contribution in [2.24, 2.45) is 0 Å². The van der Waals surface area contributed by atoms with Gasteiger partial charge in [-0.1, -0.05) is 12.1 Å². The Kier molecular flexibility index (Phi) is 5.12. The Balaban J connectivity index is 1.75. The number of aromatic nitrogens is 3. The Bertz CT molecular complexity index is 846. The van der Waals surface area contributed by atoms with Crippen molar-refractivity contribution in [3.05, 3.63) is 81.4 Å². The molecule has 3 aromatic rings. The second-order valence-corrected chi connectivity index (χ2v) is 6.22. The third-order valence-corrected chi connectivity index (χ3v) is 4.36. The van der Waals surface area contributed by atoms with Crippen molar-refractivity contribution in [2.45, 2.75) is 19.0 Å². The van der Waals surface area contributed by atoms with Gasteiger partial charge < -0.3 is 5.32 Å². The average molecular weight is 340 g/mol. The maximum absolute atomic E-state index is 12.4. The number of amides is 1. The summed E-state index contributed by atoms with van der Waals surface area (Å²) in [4.78, 5) is 33.1. The summed E-state index contributed by atoms with van der Waals surface area (Å²) in [5, 5.41) is 4.97. The highest BCUT2D eigenvalue weighted by Gasteiger charge is 2.17. The second kappa shape index (κ2) is 7.65. The number of hydrogen-bond acceptors (Lipinski definition) is 5. The molecule has 24 heavy (non-hydrogen) atoms. The number of hydrogen-bond donors (Lipinski definition) is 1. The van der Waals surface area contributed by atoms with Crippen LogP contribution in [0.3, 0.4) is 0 Å². The SMILES string of the molecule is O=C(Cn1cccnc1=O)NC(Cc1cccs1)c1ccccn1. The van der Waals surface area contributed by atoms with Gasteiger partial charge in [0.15, 0.2) is 0 Å². The Morgan fingerprint density at radius 2 is 2.04 bits per heavy atom. The number of nitrogens with zero attached hydrogens (tertiary/aromatic N) is 3. The molecule has 1 atom stereocenters. The summed E-state index contributed by atoms with van der Waals surface area (Å²) in [5.74, 6) is -0.252. The van der Waals surface area contributed by atoms with Gasteiger partial charge in [-0.25, -0.2) is 9.78 Å². The molecule has 0 aliphatic rings. The van der Waals surface area contributed by atoms with Gasteiger partial charge in [-0.2, -0.15) is 0 Å². The van der Waals surface area contributed by atoms with Gasteiger partial charge in [0.2, 0.25) is 5.91 Å². The molecule has 1 N–H and O–H groups in total. The maximum Gasteiger partial charge on any atom is 0.347 e. The fraction of sp³-hybridized carbons (Fsp3) is 0.176. The summed E-state index contributed by atoms with van der Waals surface area (Å²) in [7, 11) is 0. The Hall–Kier alpha value is -2.80. The van der Waals surface area contributed by atoms with Crippen molar-refractivity contribution < 1.29 is 4.79 Å². The number of rotatable bonds is 6. The number of carbonyl (C=O) groups is 1. The summed E-state index contributed by atoms with van der Waals surface area (Å²) in [6, 6.07) is 11.0. The number of thiophene rings is 1. The van der Waals surface area contributed by atoms with Crippen LogP contribution in [-0.2, 0) is 17.8 Å². The molecule has 7 heteroatoms. The lowest BCUT2D eigenvalue weighted by Crippen LogP contribution is -2.36. The minimum absolute atomic E-state index is 0.0690. The zero-order valence-electron chi connectivity index (χ0n) is 12.8. The lowest BCUT2D eigenvalue weighted by molar-refractivity contribution is -0.122. The maximum atomic E-state index is 12.4. The quantitative estimate of drug-likeness (QED) is 0.742. The zero-order valence-corrected chi connectivity index (χ0v) is 13.6. The van der Waals surface area contributed by atoms with Crippen LogP contribution in [0.2, 0.25) is 0 Å². The predicted octanol–water partition coefficient (Wildman–Crippen LogP) is 1.80. The number of pyridine rings is 1. The first-order chi connectivity index (χ1) is 11.7. The van der Waals surface area contributed by atoms with Crippen molar-refractivity contribution in [2.75, 3.05) is 0 Å². The molecule has 6 nitrogen and oxygen atoms in total. The highest BCUT2D eigenvalue weighted by Crippen LogP contribution is 2.19. The van der Waals surface area contributed by atoms with Crippen LogP contribution in [0.1, 0.15) is 16.6 Å². The molecular formula is C17H16N4O2S. The molecule has 122 valence electrons. The lowest BCUT2D eigenvalue weighted by atomic mass is 10.1. The summed E-state index contributed by atoms with van der Waals surface area (Å²) < 4.78 is 1.27. The van der Waals surface area contributed by atoms with E-state index in [9.17, 15) is 9.59 Å². The van der Waals surface area contributed by atoms with Crippen LogP contribution in [0.25, 0.3) is 0 Å². The third kappa shape index (κ3) is 4.14. The van der Waals surface area contributed by atoms with E-state index in [0.717, 1.165) is 10.6 Å². The minimum atomic E-state index is -0.444. The molecule has 0 saturated carbocycles. The first kappa shape index (κ1) is 16.1. The van der Waals surface area contributed by atoms with E-state index in [1.165, 1.54) is 10.8 Å². The summed E-state index contributed by atoms with van der Waals surface area (Å²) in [6.07, 6.45) is 5.31. The average Bonchev–Trinajstić information content (AvgIpc) is 3.10. The van der Waals surface area contributed by atoms with Crippen molar-refractivity contribution in [1.82, 2.24) is 19.9 Å². The van der Waals surface area contributed by atoms with E-state index < -0.39 is 5.69 Å². The monoisotopic (exact) mass is 340 g/mol. The minimum Gasteiger partial charge on any atom is -0.346 e. The fourth-order valence-corrected chi connectivity index (χ4v) is 3.10. The number of carbonyl (C=O) groups excluding carboxylic acids is 1. The van der Waals surface area contributed by atoms with E-state index in [0.29, 0.717) is 6.42 Å². The van der Waals surface area contributed by atoms with Crippen molar-refractivity contribution in [3.63, 3.8) is 0 Å². The van der Waals surface area contributed by atoms with Gasteiger partial charge >= 0.3 is 5.69 Å². The smallest absolute Gasteiger partial charge is 0.346 e. The zero-order chi connectivity index (χ0) is 16.8. The summed E-state index contributed by atoms with van der Waals surface area (Å²) in [6.45, 7) is -0.0690. The molecule has 1 unspecified atom stereocenters. The van der Waals surface area contributed by atoms with Gasteiger partial charge in [0.25, 0.3) is 0 Å². The third-order valence-electron chi connectivity index (χ3n) is 3.46. The van der Waals surface area contributed by atoms with Gasteiger partial charge in [-0.3, -0.25) is 14.3 Å². The lowest BCUT2D eigenvalue weighted by Gasteiger charge is -2.18.